The summed E-state index contributed by atoms with van der Waals surface area (Å²) < 4.78 is 0. The number of aromatic nitrogens is 1. The molecule has 1 N–H and O–H groups in total. The maximum Gasteiger partial charge on any atom is 0.256 e. The van der Waals surface area contributed by atoms with Gasteiger partial charge in [-0.3, -0.25) is 9.78 Å². The third-order valence-corrected chi connectivity index (χ3v) is 4.04. The fraction of sp³-hybridized carbons (Fsp3) is 0.625. The first-order chi connectivity index (χ1) is 9.77. The number of hydrogen-bond acceptors (Lipinski definition) is 3. The Labute approximate surface area is 121 Å². The average Bonchev–Trinajstić information content (AvgIpc) is 2.50. The van der Waals surface area contributed by atoms with Crippen molar-refractivity contribution in [3.8, 4) is 0 Å². The fourth-order valence-corrected chi connectivity index (χ4v) is 3.03. The lowest BCUT2D eigenvalue weighted by atomic mass is 9.93. The highest BCUT2D eigenvalue weighted by Crippen LogP contribution is 2.25. The lowest BCUT2D eigenvalue weighted by molar-refractivity contribution is 0.0649. The van der Waals surface area contributed by atoms with E-state index in [1.54, 1.807) is 12.4 Å². The summed E-state index contributed by atoms with van der Waals surface area (Å²) in [6.45, 7) is 5.67. The maximum atomic E-state index is 12.8. The van der Waals surface area contributed by atoms with Crippen molar-refractivity contribution >= 4 is 11.6 Å². The van der Waals surface area contributed by atoms with Crippen molar-refractivity contribution in [2.45, 2.75) is 52.0 Å². The molecule has 1 amide bonds. The molecule has 1 fully saturated rings. The zero-order chi connectivity index (χ0) is 14.4. The number of carbonyl (C=O) groups is 1. The second-order valence-electron chi connectivity index (χ2n) is 5.33. The normalized spacial score (nSPS) is 15.9. The zero-order valence-corrected chi connectivity index (χ0v) is 12.6. The third-order valence-electron chi connectivity index (χ3n) is 4.04. The minimum Gasteiger partial charge on any atom is -0.383 e. The molecule has 0 bridgehead atoms. The Morgan fingerprint density at radius 1 is 1.35 bits per heavy atom. The van der Waals surface area contributed by atoms with Crippen LogP contribution >= 0.6 is 0 Å². The van der Waals surface area contributed by atoms with E-state index in [-0.39, 0.29) is 5.91 Å². The Balaban J connectivity index is 2.19. The summed E-state index contributed by atoms with van der Waals surface area (Å²) in [5.74, 6) is 0.137. The molecule has 0 unspecified atom stereocenters. The van der Waals surface area contributed by atoms with Crippen molar-refractivity contribution in [2.75, 3.05) is 18.4 Å². The van der Waals surface area contributed by atoms with Gasteiger partial charge in [0.25, 0.3) is 5.91 Å². The molecule has 4 heteroatoms. The van der Waals surface area contributed by atoms with Gasteiger partial charge in [-0.1, -0.05) is 19.3 Å². The molecule has 0 aromatic carbocycles. The Kier molecular flexibility index (Phi) is 5.39. The molecule has 20 heavy (non-hydrogen) atoms. The number of anilines is 1. The van der Waals surface area contributed by atoms with E-state index in [4.69, 9.17) is 0 Å². The summed E-state index contributed by atoms with van der Waals surface area (Å²) in [5, 5.41) is 3.23. The average molecular weight is 275 g/mol. The number of carbonyl (C=O) groups excluding carboxylic acids is 1. The van der Waals surface area contributed by atoms with E-state index in [0.717, 1.165) is 37.2 Å². The van der Waals surface area contributed by atoms with Crippen molar-refractivity contribution in [3.63, 3.8) is 0 Å². The van der Waals surface area contributed by atoms with Crippen LogP contribution in [0.4, 0.5) is 5.69 Å². The molecule has 4 nitrogen and oxygen atoms in total. The summed E-state index contributed by atoms with van der Waals surface area (Å²) in [7, 11) is 0. The first kappa shape index (κ1) is 14.8. The van der Waals surface area contributed by atoms with Crippen LogP contribution in [0.25, 0.3) is 0 Å². The molecular formula is C16H25N3O. The van der Waals surface area contributed by atoms with Crippen LogP contribution in [-0.4, -0.2) is 34.9 Å². The molecule has 1 heterocycles. The van der Waals surface area contributed by atoms with Gasteiger partial charge in [0, 0.05) is 25.3 Å². The van der Waals surface area contributed by atoms with Crippen molar-refractivity contribution in [1.29, 1.82) is 0 Å². The highest BCUT2D eigenvalue weighted by molar-refractivity contribution is 5.99. The number of pyridine rings is 1. The topological polar surface area (TPSA) is 45.2 Å². The van der Waals surface area contributed by atoms with Gasteiger partial charge >= 0.3 is 0 Å². The Hall–Kier alpha value is -1.58. The smallest absolute Gasteiger partial charge is 0.256 e. The molecule has 1 saturated carbocycles. The van der Waals surface area contributed by atoms with Gasteiger partial charge in [-0.15, -0.1) is 0 Å². The van der Waals surface area contributed by atoms with Crippen LogP contribution in [0.15, 0.2) is 18.5 Å². The zero-order valence-electron chi connectivity index (χ0n) is 12.6. The minimum absolute atomic E-state index is 0.137. The number of nitrogens with one attached hydrogen (secondary N) is 1. The lowest BCUT2D eigenvalue weighted by Gasteiger charge is -2.34. The molecule has 1 aromatic heterocycles. The number of hydrogen-bond donors (Lipinski definition) is 1. The van der Waals surface area contributed by atoms with Gasteiger partial charge in [-0.05, 0) is 32.8 Å². The first-order valence-electron chi connectivity index (χ1n) is 7.76. The molecule has 1 aliphatic carbocycles. The summed E-state index contributed by atoms with van der Waals surface area (Å²) in [6, 6.07) is 2.23. The van der Waals surface area contributed by atoms with Crippen molar-refractivity contribution in [1.82, 2.24) is 9.88 Å². The number of rotatable bonds is 5. The summed E-state index contributed by atoms with van der Waals surface area (Å²) in [4.78, 5) is 19.0. The van der Waals surface area contributed by atoms with E-state index in [1.165, 1.54) is 19.3 Å². The van der Waals surface area contributed by atoms with Gasteiger partial charge in [-0.2, -0.15) is 0 Å². The van der Waals surface area contributed by atoms with Gasteiger partial charge in [0.1, 0.15) is 0 Å². The van der Waals surface area contributed by atoms with E-state index >= 15 is 0 Å². The van der Waals surface area contributed by atoms with E-state index in [2.05, 4.69) is 17.2 Å². The molecule has 1 aliphatic rings. The van der Waals surface area contributed by atoms with E-state index in [1.807, 2.05) is 17.9 Å². The van der Waals surface area contributed by atoms with E-state index in [0.29, 0.717) is 6.04 Å². The quantitative estimate of drug-likeness (QED) is 0.896. The third kappa shape index (κ3) is 3.30. The van der Waals surface area contributed by atoms with Gasteiger partial charge in [-0.25, -0.2) is 0 Å². The van der Waals surface area contributed by atoms with E-state index in [9.17, 15) is 4.79 Å². The Bertz CT molecular complexity index is 441. The standard InChI is InChI=1S/C16H25N3O/c1-3-18-15-12-17-11-10-14(15)16(20)19(4-2)13-8-6-5-7-9-13/h10-13,18H,3-9H2,1-2H3. The van der Waals surface area contributed by atoms with Crippen LogP contribution in [0, 0.1) is 0 Å². The SMILES string of the molecule is CCNc1cnccc1C(=O)N(CC)C1CCCCC1. The van der Waals surface area contributed by atoms with Gasteiger partial charge in [0.2, 0.25) is 0 Å². The van der Waals surface area contributed by atoms with Gasteiger partial charge in [0.15, 0.2) is 0 Å². The predicted molar refractivity (Wildman–Crippen MR) is 82.0 cm³/mol. The van der Waals surface area contributed by atoms with Crippen LogP contribution < -0.4 is 5.32 Å². The van der Waals surface area contributed by atoms with Crippen LogP contribution in [0.5, 0.6) is 0 Å². The maximum absolute atomic E-state index is 12.8. The molecular weight excluding hydrogens is 250 g/mol. The largest absolute Gasteiger partial charge is 0.383 e. The first-order valence-corrected chi connectivity index (χ1v) is 7.76. The molecule has 2 rings (SSSR count). The molecule has 1 aromatic rings. The van der Waals surface area contributed by atoms with Crippen LogP contribution in [0.2, 0.25) is 0 Å². The Morgan fingerprint density at radius 3 is 2.75 bits per heavy atom. The second kappa shape index (κ2) is 7.27. The van der Waals surface area contributed by atoms with Crippen LogP contribution in [-0.2, 0) is 0 Å². The fourth-order valence-electron chi connectivity index (χ4n) is 3.03. The molecule has 0 spiro atoms. The van der Waals surface area contributed by atoms with Gasteiger partial charge < -0.3 is 10.2 Å². The Morgan fingerprint density at radius 2 is 2.10 bits per heavy atom. The van der Waals surface area contributed by atoms with Crippen LogP contribution in [0.3, 0.4) is 0 Å². The molecule has 110 valence electrons. The summed E-state index contributed by atoms with van der Waals surface area (Å²) in [5.41, 5.74) is 1.59. The number of nitrogens with zero attached hydrogens (tertiary/aromatic N) is 2. The minimum atomic E-state index is 0.137. The lowest BCUT2D eigenvalue weighted by Crippen LogP contribution is -2.41. The van der Waals surface area contributed by atoms with Crippen molar-refractivity contribution in [2.24, 2.45) is 0 Å². The molecule has 0 saturated heterocycles. The predicted octanol–water partition coefficient (Wildman–Crippen LogP) is 3.31. The molecule has 0 aliphatic heterocycles. The van der Waals surface area contributed by atoms with Gasteiger partial charge in [0.05, 0.1) is 17.4 Å². The van der Waals surface area contributed by atoms with E-state index < -0.39 is 0 Å². The highest BCUT2D eigenvalue weighted by atomic mass is 16.2. The molecule has 0 radical (unpaired) electrons. The van der Waals surface area contributed by atoms with Crippen LogP contribution in [0.1, 0.15) is 56.3 Å². The summed E-state index contributed by atoms with van der Waals surface area (Å²) >= 11 is 0. The second-order valence-corrected chi connectivity index (χ2v) is 5.33. The van der Waals surface area contributed by atoms with Crippen molar-refractivity contribution < 1.29 is 4.79 Å². The monoisotopic (exact) mass is 275 g/mol. The summed E-state index contributed by atoms with van der Waals surface area (Å²) in [6.07, 6.45) is 9.51. The van der Waals surface area contributed by atoms with Crippen molar-refractivity contribution in [3.05, 3.63) is 24.0 Å². The number of amides is 1. The molecule has 0 atom stereocenters. The highest BCUT2D eigenvalue weighted by Gasteiger charge is 2.26.